The minimum Gasteiger partial charge on any atom is -0.380 e. The van der Waals surface area contributed by atoms with E-state index in [0.29, 0.717) is 6.54 Å². The molecular formula is C12H13BrFN3. The number of halogens is 2. The summed E-state index contributed by atoms with van der Waals surface area (Å²) in [5, 5.41) is 10.2. The maximum atomic E-state index is 13.1. The van der Waals surface area contributed by atoms with Crippen molar-refractivity contribution in [2.45, 2.75) is 20.4 Å². The molecule has 0 radical (unpaired) electrons. The highest BCUT2D eigenvalue weighted by Crippen LogP contribution is 2.24. The van der Waals surface area contributed by atoms with Gasteiger partial charge in [0.25, 0.3) is 0 Å². The highest BCUT2D eigenvalue weighted by Gasteiger charge is 2.07. The molecule has 1 aromatic heterocycles. The largest absolute Gasteiger partial charge is 0.380 e. The Balaban J connectivity index is 2.15. The molecule has 17 heavy (non-hydrogen) atoms. The molecule has 0 bridgehead atoms. The highest BCUT2D eigenvalue weighted by molar-refractivity contribution is 9.10. The molecule has 0 saturated heterocycles. The van der Waals surface area contributed by atoms with Crippen LogP contribution in [0.1, 0.15) is 17.0 Å². The second-order valence-electron chi connectivity index (χ2n) is 3.89. The normalized spacial score (nSPS) is 10.6. The molecular weight excluding hydrogens is 285 g/mol. The van der Waals surface area contributed by atoms with E-state index in [9.17, 15) is 4.39 Å². The van der Waals surface area contributed by atoms with Crippen molar-refractivity contribution in [1.82, 2.24) is 10.2 Å². The third kappa shape index (κ3) is 2.66. The fourth-order valence-corrected chi connectivity index (χ4v) is 2.04. The van der Waals surface area contributed by atoms with Crippen molar-refractivity contribution in [3.8, 4) is 0 Å². The minimum atomic E-state index is -0.253. The Morgan fingerprint density at radius 1 is 1.41 bits per heavy atom. The van der Waals surface area contributed by atoms with Crippen LogP contribution in [-0.2, 0) is 6.54 Å². The molecule has 0 aliphatic heterocycles. The average Bonchev–Trinajstić information content (AvgIpc) is 2.61. The summed E-state index contributed by atoms with van der Waals surface area (Å²) in [6.07, 6.45) is 0. The molecule has 2 aromatic rings. The molecule has 1 aromatic carbocycles. The summed E-state index contributed by atoms with van der Waals surface area (Å²) in [5.74, 6) is -0.253. The quantitative estimate of drug-likeness (QED) is 0.910. The van der Waals surface area contributed by atoms with Gasteiger partial charge in [-0.15, -0.1) is 0 Å². The number of nitrogens with one attached hydrogen (secondary N) is 2. The Kier molecular flexibility index (Phi) is 3.47. The first kappa shape index (κ1) is 12.1. The van der Waals surface area contributed by atoms with Crippen LogP contribution in [-0.4, -0.2) is 10.2 Å². The van der Waals surface area contributed by atoms with Gasteiger partial charge in [-0.3, -0.25) is 5.10 Å². The van der Waals surface area contributed by atoms with Crippen molar-refractivity contribution >= 4 is 21.6 Å². The van der Waals surface area contributed by atoms with Crippen LogP contribution in [0.3, 0.4) is 0 Å². The number of hydrogen-bond donors (Lipinski definition) is 2. The van der Waals surface area contributed by atoms with Gasteiger partial charge in [-0.2, -0.15) is 5.10 Å². The van der Waals surface area contributed by atoms with Crippen LogP contribution in [0.2, 0.25) is 0 Å². The second kappa shape index (κ2) is 4.87. The van der Waals surface area contributed by atoms with Crippen LogP contribution >= 0.6 is 15.9 Å². The van der Waals surface area contributed by atoms with E-state index < -0.39 is 0 Å². The zero-order valence-corrected chi connectivity index (χ0v) is 11.2. The van der Waals surface area contributed by atoms with Crippen LogP contribution in [0.25, 0.3) is 0 Å². The number of aromatic nitrogens is 2. The smallest absolute Gasteiger partial charge is 0.125 e. The lowest BCUT2D eigenvalue weighted by Gasteiger charge is -2.08. The molecule has 0 aliphatic rings. The summed E-state index contributed by atoms with van der Waals surface area (Å²) in [4.78, 5) is 0. The summed E-state index contributed by atoms with van der Waals surface area (Å²) in [5.41, 5.74) is 3.84. The molecule has 0 saturated carbocycles. The Morgan fingerprint density at radius 3 is 2.82 bits per heavy atom. The number of rotatable bonds is 3. The summed E-state index contributed by atoms with van der Waals surface area (Å²) in [6.45, 7) is 4.54. The highest BCUT2D eigenvalue weighted by atomic mass is 79.9. The molecule has 0 amide bonds. The Morgan fingerprint density at radius 2 is 2.18 bits per heavy atom. The molecule has 90 valence electrons. The summed E-state index contributed by atoms with van der Waals surface area (Å²) < 4.78 is 13.9. The van der Waals surface area contributed by atoms with Crippen molar-refractivity contribution in [3.05, 3.63) is 45.4 Å². The van der Waals surface area contributed by atoms with E-state index in [0.717, 1.165) is 27.1 Å². The van der Waals surface area contributed by atoms with Crippen LogP contribution in [0, 0.1) is 19.7 Å². The maximum absolute atomic E-state index is 13.1. The molecule has 0 unspecified atom stereocenters. The van der Waals surface area contributed by atoms with Gasteiger partial charge in [0.1, 0.15) is 5.82 Å². The number of aromatic amines is 1. The van der Waals surface area contributed by atoms with Crippen molar-refractivity contribution in [2.24, 2.45) is 0 Å². The monoisotopic (exact) mass is 297 g/mol. The fourth-order valence-electron chi connectivity index (χ4n) is 1.65. The molecule has 2 N–H and O–H groups in total. The van der Waals surface area contributed by atoms with Gasteiger partial charge in [-0.25, -0.2) is 4.39 Å². The van der Waals surface area contributed by atoms with Crippen molar-refractivity contribution < 1.29 is 4.39 Å². The third-order valence-electron chi connectivity index (χ3n) is 2.66. The van der Waals surface area contributed by atoms with Crippen LogP contribution < -0.4 is 5.32 Å². The van der Waals surface area contributed by atoms with Crippen LogP contribution in [0.15, 0.2) is 22.7 Å². The lowest BCUT2D eigenvalue weighted by molar-refractivity contribution is 0.628. The standard InChI is InChI=1S/C12H13BrFN3/c1-7-10(8(2)17-16-7)6-15-12-5-9(14)3-4-11(12)13/h3-5,15H,6H2,1-2H3,(H,16,17). The first-order valence-electron chi connectivity index (χ1n) is 5.27. The van der Waals surface area contributed by atoms with E-state index in [1.807, 2.05) is 13.8 Å². The molecule has 5 heteroatoms. The second-order valence-corrected chi connectivity index (χ2v) is 4.74. The molecule has 0 aliphatic carbocycles. The molecule has 0 fully saturated rings. The maximum Gasteiger partial charge on any atom is 0.125 e. The zero-order valence-electron chi connectivity index (χ0n) is 9.64. The topological polar surface area (TPSA) is 40.7 Å². The molecule has 2 rings (SSSR count). The predicted octanol–water partition coefficient (Wildman–Crippen LogP) is 3.54. The summed E-state index contributed by atoms with van der Waals surface area (Å²) >= 11 is 3.38. The van der Waals surface area contributed by atoms with E-state index in [1.165, 1.54) is 12.1 Å². The lowest BCUT2D eigenvalue weighted by atomic mass is 10.2. The van der Waals surface area contributed by atoms with Gasteiger partial charge in [0.15, 0.2) is 0 Å². The van der Waals surface area contributed by atoms with Gasteiger partial charge in [0.05, 0.1) is 11.4 Å². The first-order valence-corrected chi connectivity index (χ1v) is 6.06. The summed E-state index contributed by atoms with van der Waals surface area (Å²) in [6, 6.07) is 4.57. The molecule has 1 heterocycles. The lowest BCUT2D eigenvalue weighted by Crippen LogP contribution is -2.02. The van der Waals surface area contributed by atoms with E-state index in [-0.39, 0.29) is 5.82 Å². The summed E-state index contributed by atoms with van der Waals surface area (Å²) in [7, 11) is 0. The Bertz CT molecular complexity index is 517. The zero-order chi connectivity index (χ0) is 12.4. The number of hydrogen-bond acceptors (Lipinski definition) is 2. The van der Waals surface area contributed by atoms with E-state index in [4.69, 9.17) is 0 Å². The van der Waals surface area contributed by atoms with Crippen molar-refractivity contribution in [3.63, 3.8) is 0 Å². The number of benzene rings is 1. The average molecular weight is 298 g/mol. The van der Waals surface area contributed by atoms with Crippen LogP contribution in [0.4, 0.5) is 10.1 Å². The van der Waals surface area contributed by atoms with Crippen LogP contribution in [0.5, 0.6) is 0 Å². The molecule has 0 spiro atoms. The molecule has 3 nitrogen and oxygen atoms in total. The SMILES string of the molecule is Cc1n[nH]c(C)c1CNc1cc(F)ccc1Br. The van der Waals surface area contributed by atoms with Gasteiger partial charge in [-0.1, -0.05) is 0 Å². The molecule has 0 atom stereocenters. The number of anilines is 1. The van der Waals surface area contributed by atoms with Gasteiger partial charge in [0.2, 0.25) is 0 Å². The van der Waals surface area contributed by atoms with E-state index in [2.05, 4.69) is 31.4 Å². The van der Waals surface area contributed by atoms with Gasteiger partial charge in [0, 0.05) is 22.3 Å². The van der Waals surface area contributed by atoms with Crippen molar-refractivity contribution in [1.29, 1.82) is 0 Å². The van der Waals surface area contributed by atoms with Crippen molar-refractivity contribution in [2.75, 3.05) is 5.32 Å². The number of aryl methyl sites for hydroxylation is 2. The number of H-pyrrole nitrogens is 1. The van der Waals surface area contributed by atoms with Gasteiger partial charge >= 0.3 is 0 Å². The number of nitrogens with zero attached hydrogens (tertiary/aromatic N) is 1. The minimum absolute atomic E-state index is 0.253. The Labute approximate surface area is 108 Å². The predicted molar refractivity (Wildman–Crippen MR) is 69.5 cm³/mol. The van der Waals surface area contributed by atoms with Gasteiger partial charge in [-0.05, 0) is 48.0 Å². The Hall–Kier alpha value is -1.36. The van der Waals surface area contributed by atoms with Gasteiger partial charge < -0.3 is 5.32 Å². The third-order valence-corrected chi connectivity index (χ3v) is 3.36. The van der Waals surface area contributed by atoms with E-state index in [1.54, 1.807) is 6.07 Å². The van der Waals surface area contributed by atoms with E-state index >= 15 is 0 Å². The fraction of sp³-hybridized carbons (Fsp3) is 0.250. The first-order chi connectivity index (χ1) is 8.08.